The number of pyridine rings is 1. The van der Waals surface area contributed by atoms with Crippen molar-refractivity contribution in [3.8, 4) is 17.2 Å². The molecule has 0 radical (unpaired) electrons. The number of methoxy groups -OCH3 is 2. The molecule has 5 nitrogen and oxygen atoms in total. The van der Waals surface area contributed by atoms with E-state index in [1.807, 2.05) is 0 Å². The highest BCUT2D eigenvalue weighted by atomic mass is 35.5. The van der Waals surface area contributed by atoms with Crippen molar-refractivity contribution in [3.05, 3.63) is 80.8 Å². The Bertz CT molecular complexity index is 1200. The minimum absolute atomic E-state index is 0.0495. The van der Waals surface area contributed by atoms with E-state index in [0.29, 0.717) is 5.56 Å². The number of benzene rings is 2. The van der Waals surface area contributed by atoms with Crippen LogP contribution in [0.1, 0.15) is 27.0 Å². The van der Waals surface area contributed by atoms with Gasteiger partial charge in [-0.15, -0.1) is 0 Å². The number of ketones is 1. The van der Waals surface area contributed by atoms with Crippen LogP contribution in [-0.2, 0) is 19.2 Å². The first-order valence-electron chi connectivity index (χ1n) is 9.61. The second-order valence-corrected chi connectivity index (χ2v) is 7.73. The zero-order valence-electron chi connectivity index (χ0n) is 17.8. The van der Waals surface area contributed by atoms with Gasteiger partial charge in [0.1, 0.15) is 12.4 Å². The standard InChI is InChI=1S/C23H17Cl2F4NO4/c1-32-20-7-6-12(19(31)8-13-16(24)9-30-10-17(13)25)21(22(20)33-2)34-11-14-15(23(27,28)29)4-3-5-18(14)26/h3-7,9-10H,8,11H2,1-2H3. The third kappa shape index (κ3) is 5.37. The van der Waals surface area contributed by atoms with Crippen LogP contribution in [0.4, 0.5) is 17.6 Å². The minimum Gasteiger partial charge on any atom is -0.493 e. The van der Waals surface area contributed by atoms with Crippen LogP contribution >= 0.6 is 23.2 Å². The molecule has 3 aromatic rings. The van der Waals surface area contributed by atoms with Crippen molar-refractivity contribution >= 4 is 29.0 Å². The van der Waals surface area contributed by atoms with Crippen molar-refractivity contribution in [1.29, 1.82) is 0 Å². The van der Waals surface area contributed by atoms with Crippen LogP contribution in [0.5, 0.6) is 17.2 Å². The Balaban J connectivity index is 2.04. The Morgan fingerprint density at radius 1 is 0.971 bits per heavy atom. The molecule has 11 heteroatoms. The Kier molecular flexibility index (Phi) is 7.89. The SMILES string of the molecule is COc1ccc(C(=O)Cc2c(Cl)cncc2Cl)c(OCc2c(F)cccc2C(F)(F)F)c1OC. The lowest BCUT2D eigenvalue weighted by molar-refractivity contribution is -0.138. The number of carbonyl (C=O) groups is 1. The number of hydrogen-bond donors (Lipinski definition) is 0. The largest absolute Gasteiger partial charge is 0.493 e. The highest BCUT2D eigenvalue weighted by molar-refractivity contribution is 6.36. The molecule has 2 aromatic carbocycles. The molecule has 180 valence electrons. The molecule has 0 amide bonds. The molecule has 0 aliphatic rings. The van der Waals surface area contributed by atoms with Gasteiger partial charge in [-0.05, 0) is 24.3 Å². The van der Waals surface area contributed by atoms with Crippen LogP contribution < -0.4 is 14.2 Å². The zero-order valence-corrected chi connectivity index (χ0v) is 19.3. The van der Waals surface area contributed by atoms with Gasteiger partial charge in [0, 0.05) is 29.9 Å². The summed E-state index contributed by atoms with van der Waals surface area (Å²) in [7, 11) is 2.60. The van der Waals surface area contributed by atoms with Gasteiger partial charge in [-0.2, -0.15) is 13.2 Å². The van der Waals surface area contributed by atoms with Crippen molar-refractivity contribution in [2.75, 3.05) is 14.2 Å². The van der Waals surface area contributed by atoms with Gasteiger partial charge in [0.25, 0.3) is 0 Å². The van der Waals surface area contributed by atoms with Gasteiger partial charge < -0.3 is 14.2 Å². The fourth-order valence-electron chi connectivity index (χ4n) is 3.24. The average molecular weight is 518 g/mol. The molecule has 3 rings (SSSR count). The van der Waals surface area contributed by atoms with Crippen molar-refractivity contribution in [2.24, 2.45) is 0 Å². The number of rotatable bonds is 8. The molecule has 0 spiro atoms. The van der Waals surface area contributed by atoms with E-state index in [1.165, 1.54) is 38.7 Å². The highest BCUT2D eigenvalue weighted by Gasteiger charge is 2.35. The third-order valence-corrected chi connectivity index (χ3v) is 5.53. The molecular weight excluding hydrogens is 501 g/mol. The molecule has 0 aliphatic heterocycles. The summed E-state index contributed by atoms with van der Waals surface area (Å²) in [5.74, 6) is -1.76. The predicted molar refractivity (Wildman–Crippen MR) is 118 cm³/mol. The van der Waals surface area contributed by atoms with E-state index >= 15 is 0 Å². The number of carbonyl (C=O) groups excluding carboxylic acids is 1. The monoisotopic (exact) mass is 517 g/mol. The summed E-state index contributed by atoms with van der Waals surface area (Å²) in [6, 6.07) is 5.36. The summed E-state index contributed by atoms with van der Waals surface area (Å²) in [5.41, 5.74) is -1.67. The number of hydrogen-bond acceptors (Lipinski definition) is 5. The maximum absolute atomic E-state index is 14.3. The van der Waals surface area contributed by atoms with Crippen LogP contribution in [0, 0.1) is 5.82 Å². The van der Waals surface area contributed by atoms with Gasteiger partial charge in [0.2, 0.25) is 5.75 Å². The molecule has 0 saturated heterocycles. The Morgan fingerprint density at radius 3 is 2.24 bits per heavy atom. The van der Waals surface area contributed by atoms with E-state index in [9.17, 15) is 22.4 Å². The van der Waals surface area contributed by atoms with Crippen LogP contribution in [-0.4, -0.2) is 25.0 Å². The molecule has 1 aromatic heterocycles. The first-order valence-corrected chi connectivity index (χ1v) is 10.4. The van der Waals surface area contributed by atoms with Gasteiger partial charge in [0.15, 0.2) is 17.3 Å². The van der Waals surface area contributed by atoms with Crippen molar-refractivity contribution in [2.45, 2.75) is 19.2 Å². The molecule has 0 unspecified atom stereocenters. The molecule has 0 atom stereocenters. The molecule has 0 fully saturated rings. The van der Waals surface area contributed by atoms with Crippen molar-refractivity contribution < 1.29 is 36.6 Å². The third-order valence-electron chi connectivity index (χ3n) is 4.88. The molecule has 1 heterocycles. The number of aromatic nitrogens is 1. The van der Waals surface area contributed by atoms with Gasteiger partial charge in [-0.1, -0.05) is 29.3 Å². The zero-order chi connectivity index (χ0) is 25.0. The predicted octanol–water partition coefficient (Wildman–Crippen LogP) is 6.57. The summed E-state index contributed by atoms with van der Waals surface area (Å²) >= 11 is 12.2. The van der Waals surface area contributed by atoms with Crippen molar-refractivity contribution in [1.82, 2.24) is 4.98 Å². The lowest BCUT2D eigenvalue weighted by Gasteiger charge is -2.19. The number of halogens is 6. The average Bonchev–Trinajstić information content (AvgIpc) is 2.79. The molecular formula is C23H17Cl2F4NO4. The van der Waals surface area contributed by atoms with E-state index < -0.39 is 35.5 Å². The Morgan fingerprint density at radius 2 is 1.65 bits per heavy atom. The number of Topliss-reactive ketones (excluding diaryl/α,β-unsaturated/α-hetero) is 1. The van der Waals surface area contributed by atoms with E-state index in [-0.39, 0.29) is 39.3 Å². The fraction of sp³-hybridized carbons (Fsp3) is 0.217. The Labute approximate surface area is 202 Å². The van der Waals surface area contributed by atoms with Crippen LogP contribution in [0.2, 0.25) is 10.0 Å². The second kappa shape index (κ2) is 10.5. The van der Waals surface area contributed by atoms with Gasteiger partial charge in [0.05, 0.1) is 35.4 Å². The van der Waals surface area contributed by atoms with E-state index in [0.717, 1.165) is 18.2 Å². The summed E-state index contributed by atoms with van der Waals surface area (Å²) in [6.45, 7) is -0.831. The summed E-state index contributed by atoms with van der Waals surface area (Å²) in [6.07, 6.45) is -2.44. The lowest BCUT2D eigenvalue weighted by atomic mass is 10.0. The molecule has 0 saturated carbocycles. The first-order chi connectivity index (χ1) is 16.1. The van der Waals surface area contributed by atoms with E-state index in [1.54, 1.807) is 0 Å². The smallest absolute Gasteiger partial charge is 0.416 e. The van der Waals surface area contributed by atoms with E-state index in [4.69, 9.17) is 37.4 Å². The Hall–Kier alpha value is -3.04. The van der Waals surface area contributed by atoms with Gasteiger partial charge >= 0.3 is 6.18 Å². The van der Waals surface area contributed by atoms with Crippen LogP contribution in [0.15, 0.2) is 42.7 Å². The maximum Gasteiger partial charge on any atom is 0.416 e. The molecule has 0 N–H and O–H groups in total. The van der Waals surface area contributed by atoms with Gasteiger partial charge in [-0.25, -0.2) is 4.39 Å². The lowest BCUT2D eigenvalue weighted by Crippen LogP contribution is -2.14. The van der Waals surface area contributed by atoms with Crippen LogP contribution in [0.3, 0.4) is 0 Å². The highest BCUT2D eigenvalue weighted by Crippen LogP contribution is 2.42. The summed E-state index contributed by atoms with van der Waals surface area (Å²) in [4.78, 5) is 17.0. The van der Waals surface area contributed by atoms with Gasteiger partial charge in [-0.3, -0.25) is 9.78 Å². The number of nitrogens with zero attached hydrogens (tertiary/aromatic N) is 1. The molecule has 34 heavy (non-hydrogen) atoms. The summed E-state index contributed by atoms with van der Waals surface area (Å²) < 4.78 is 70.6. The number of ether oxygens (including phenoxy) is 3. The topological polar surface area (TPSA) is 57.7 Å². The minimum atomic E-state index is -4.81. The fourth-order valence-corrected chi connectivity index (χ4v) is 3.74. The normalized spacial score (nSPS) is 11.3. The van der Waals surface area contributed by atoms with E-state index in [2.05, 4.69) is 4.98 Å². The second-order valence-electron chi connectivity index (χ2n) is 6.91. The van der Waals surface area contributed by atoms with Crippen molar-refractivity contribution in [3.63, 3.8) is 0 Å². The number of alkyl halides is 3. The molecule has 0 aliphatic carbocycles. The maximum atomic E-state index is 14.3. The first kappa shape index (κ1) is 25.6. The van der Waals surface area contributed by atoms with Crippen LogP contribution in [0.25, 0.3) is 0 Å². The quantitative estimate of drug-likeness (QED) is 0.250. The summed E-state index contributed by atoms with van der Waals surface area (Å²) in [5, 5.41) is 0.315. The molecule has 0 bridgehead atoms.